The highest BCUT2D eigenvalue weighted by Gasteiger charge is 2.38. The van der Waals surface area contributed by atoms with Gasteiger partial charge in [0.05, 0.1) is 13.2 Å². The van der Waals surface area contributed by atoms with Gasteiger partial charge >= 0.3 is 12.1 Å². The van der Waals surface area contributed by atoms with Gasteiger partial charge in [0.1, 0.15) is 0 Å². The van der Waals surface area contributed by atoms with Crippen molar-refractivity contribution in [2.45, 2.75) is 25.3 Å². The monoisotopic (exact) mass is 412 g/mol. The van der Waals surface area contributed by atoms with Crippen molar-refractivity contribution in [3.8, 4) is 0 Å². The van der Waals surface area contributed by atoms with Crippen molar-refractivity contribution in [2.24, 2.45) is 5.73 Å². The first kappa shape index (κ1) is 20.9. The first-order valence-electron chi connectivity index (χ1n) is 7.39. The Kier molecular flexibility index (Phi) is 9.27. The molecule has 1 amide bonds. The van der Waals surface area contributed by atoms with Gasteiger partial charge in [-0.1, -0.05) is 34.1 Å². The summed E-state index contributed by atoms with van der Waals surface area (Å²) in [5.74, 6) is -1.95. The van der Waals surface area contributed by atoms with E-state index < -0.39 is 18.4 Å². The summed E-state index contributed by atoms with van der Waals surface area (Å²) in [6.45, 7) is 0.871. The van der Waals surface area contributed by atoms with Crippen LogP contribution in [0.2, 0.25) is 0 Å². The molecule has 0 saturated heterocycles. The Balaban J connectivity index is 2.45. The normalized spacial score (nSPS) is 12.9. The molecule has 1 atom stereocenters. The molecule has 0 fully saturated rings. The van der Waals surface area contributed by atoms with Crippen LogP contribution in [-0.2, 0) is 14.3 Å². The third-order valence-electron chi connectivity index (χ3n) is 2.91. The summed E-state index contributed by atoms with van der Waals surface area (Å²) in [6.07, 6.45) is -4.65. The Morgan fingerprint density at radius 2 is 1.83 bits per heavy atom. The van der Waals surface area contributed by atoms with Crippen molar-refractivity contribution < 1.29 is 27.4 Å². The minimum absolute atomic E-state index is 0.132. The summed E-state index contributed by atoms with van der Waals surface area (Å²) < 4.78 is 48.2. The number of benzene rings is 1. The molecule has 5 nitrogen and oxygen atoms in total. The number of carbonyl (C=O) groups excluding carboxylic acids is 1. The van der Waals surface area contributed by atoms with Crippen molar-refractivity contribution in [3.63, 3.8) is 0 Å². The van der Waals surface area contributed by atoms with Crippen LogP contribution >= 0.6 is 15.9 Å². The number of ether oxygens (including phenoxy) is 2. The predicted octanol–water partition coefficient (Wildman–Crippen LogP) is 2.90. The van der Waals surface area contributed by atoms with Gasteiger partial charge in [0.2, 0.25) is 0 Å². The summed E-state index contributed by atoms with van der Waals surface area (Å²) in [6, 6.07) is 7.33. The predicted molar refractivity (Wildman–Crippen MR) is 86.1 cm³/mol. The van der Waals surface area contributed by atoms with Gasteiger partial charge in [-0.15, -0.1) is 0 Å². The Morgan fingerprint density at radius 1 is 1.21 bits per heavy atom. The molecule has 9 heteroatoms. The van der Waals surface area contributed by atoms with Gasteiger partial charge in [0, 0.05) is 16.6 Å². The van der Waals surface area contributed by atoms with Crippen LogP contribution in [0.25, 0.3) is 0 Å². The fourth-order valence-corrected chi connectivity index (χ4v) is 2.20. The van der Waals surface area contributed by atoms with Crippen LogP contribution in [-0.4, -0.2) is 38.4 Å². The zero-order chi connectivity index (χ0) is 18.0. The van der Waals surface area contributed by atoms with Crippen molar-refractivity contribution in [1.29, 1.82) is 0 Å². The average molecular weight is 413 g/mol. The molecule has 1 rings (SSSR count). The van der Waals surface area contributed by atoms with Crippen LogP contribution < -0.4 is 11.1 Å². The lowest BCUT2D eigenvalue weighted by Crippen LogP contribution is -2.37. The van der Waals surface area contributed by atoms with Crippen LogP contribution in [0.3, 0.4) is 0 Å². The number of hydrogen-bond acceptors (Lipinski definition) is 4. The Morgan fingerprint density at radius 3 is 2.42 bits per heavy atom. The van der Waals surface area contributed by atoms with Crippen molar-refractivity contribution >= 4 is 21.8 Å². The molecular formula is C15H20BrF3N2O3. The Bertz CT molecular complexity index is 515. The average Bonchev–Trinajstić information content (AvgIpc) is 2.52. The molecule has 0 aliphatic heterocycles. The molecule has 136 valence electrons. The van der Waals surface area contributed by atoms with Crippen molar-refractivity contribution in [1.82, 2.24) is 5.32 Å². The summed E-state index contributed by atoms with van der Waals surface area (Å²) in [5, 5.41) is 1.79. The van der Waals surface area contributed by atoms with E-state index in [1.165, 1.54) is 0 Å². The molecule has 0 aliphatic carbocycles. The summed E-state index contributed by atoms with van der Waals surface area (Å²) in [5.41, 5.74) is 6.20. The number of hydrogen-bond donors (Lipinski definition) is 2. The third-order valence-corrected chi connectivity index (χ3v) is 3.63. The van der Waals surface area contributed by atoms with Crippen molar-refractivity contribution in [3.05, 3.63) is 34.3 Å². The molecule has 3 N–H and O–H groups in total. The maximum Gasteiger partial charge on any atom is 0.471 e. The summed E-state index contributed by atoms with van der Waals surface area (Å²) in [4.78, 5) is 10.7. The van der Waals surface area contributed by atoms with Crippen molar-refractivity contribution in [2.75, 3.05) is 26.3 Å². The zero-order valence-corrected chi connectivity index (χ0v) is 14.5. The topological polar surface area (TPSA) is 73.6 Å². The van der Waals surface area contributed by atoms with E-state index in [0.29, 0.717) is 19.6 Å². The van der Waals surface area contributed by atoms with Gasteiger partial charge in [-0.25, -0.2) is 0 Å². The summed E-state index contributed by atoms with van der Waals surface area (Å²) in [7, 11) is 0. The molecule has 0 spiro atoms. The van der Waals surface area contributed by atoms with Gasteiger partial charge in [-0.05, 0) is 25.5 Å². The minimum Gasteiger partial charge on any atom is -0.348 e. The number of alkyl halides is 3. The minimum atomic E-state index is -4.87. The molecule has 1 aromatic rings. The number of halogens is 4. The van der Waals surface area contributed by atoms with Gasteiger partial charge < -0.3 is 20.5 Å². The van der Waals surface area contributed by atoms with E-state index in [4.69, 9.17) is 15.2 Å². The van der Waals surface area contributed by atoms with Gasteiger partial charge in [0.15, 0.2) is 6.29 Å². The lowest BCUT2D eigenvalue weighted by molar-refractivity contribution is -0.173. The molecule has 1 aromatic carbocycles. The highest BCUT2D eigenvalue weighted by molar-refractivity contribution is 9.10. The van der Waals surface area contributed by atoms with Gasteiger partial charge in [-0.3, -0.25) is 4.79 Å². The zero-order valence-electron chi connectivity index (χ0n) is 12.9. The second-order valence-corrected chi connectivity index (χ2v) is 5.70. The molecule has 24 heavy (non-hydrogen) atoms. The van der Waals surface area contributed by atoms with Crippen LogP contribution in [0.1, 0.15) is 24.7 Å². The van der Waals surface area contributed by atoms with E-state index in [2.05, 4.69) is 15.9 Å². The molecule has 0 radical (unpaired) electrons. The number of rotatable bonds is 10. The van der Waals surface area contributed by atoms with Gasteiger partial charge in [0.25, 0.3) is 0 Å². The number of nitrogens with two attached hydrogens (primary N) is 1. The van der Waals surface area contributed by atoms with E-state index in [1.54, 1.807) is 5.32 Å². The lowest BCUT2D eigenvalue weighted by atomic mass is 10.2. The number of amides is 1. The lowest BCUT2D eigenvalue weighted by Gasteiger charge is -2.20. The largest absolute Gasteiger partial charge is 0.471 e. The Hall–Kier alpha value is -1.16. The van der Waals surface area contributed by atoms with E-state index >= 15 is 0 Å². The molecule has 0 aromatic heterocycles. The first-order valence-corrected chi connectivity index (χ1v) is 8.18. The van der Waals surface area contributed by atoms with E-state index in [-0.39, 0.29) is 19.6 Å². The molecule has 0 saturated carbocycles. The van der Waals surface area contributed by atoms with Crippen LogP contribution in [0.5, 0.6) is 0 Å². The molecule has 0 aliphatic rings. The maximum atomic E-state index is 12.0. The third kappa shape index (κ3) is 7.61. The summed E-state index contributed by atoms with van der Waals surface area (Å²) >= 11 is 3.40. The highest BCUT2D eigenvalue weighted by Crippen LogP contribution is 2.27. The Labute approximate surface area is 146 Å². The van der Waals surface area contributed by atoms with Crippen LogP contribution in [0.15, 0.2) is 28.7 Å². The number of nitrogens with one attached hydrogen (secondary N) is 1. The maximum absolute atomic E-state index is 12.0. The fourth-order valence-electron chi connectivity index (χ4n) is 1.73. The second-order valence-electron chi connectivity index (χ2n) is 4.84. The SMILES string of the molecule is NCCCOC(OCCCNC(=O)C(F)(F)F)c1ccccc1Br. The van der Waals surface area contributed by atoms with Gasteiger partial charge in [-0.2, -0.15) is 13.2 Å². The molecule has 0 heterocycles. The highest BCUT2D eigenvalue weighted by atomic mass is 79.9. The van der Waals surface area contributed by atoms with Crippen LogP contribution in [0, 0.1) is 0 Å². The van der Waals surface area contributed by atoms with Crippen LogP contribution in [0.4, 0.5) is 13.2 Å². The molecule has 1 unspecified atom stereocenters. The molecular weight excluding hydrogens is 393 g/mol. The molecule has 0 bridgehead atoms. The second kappa shape index (κ2) is 10.7. The smallest absolute Gasteiger partial charge is 0.348 e. The number of carbonyl (C=O) groups is 1. The fraction of sp³-hybridized carbons (Fsp3) is 0.533. The quantitative estimate of drug-likeness (QED) is 0.457. The van der Waals surface area contributed by atoms with E-state index in [0.717, 1.165) is 10.0 Å². The van der Waals surface area contributed by atoms with E-state index in [1.807, 2.05) is 24.3 Å². The first-order chi connectivity index (χ1) is 11.4. The van der Waals surface area contributed by atoms with E-state index in [9.17, 15) is 18.0 Å². The standard InChI is InChI=1S/C15H20BrF3N2O3/c16-12-6-2-1-5-11(12)13(23-9-3-7-20)24-10-4-8-21-14(22)15(17,18)19/h1-2,5-6,13H,3-4,7-10,20H2,(H,21,22).